The Morgan fingerprint density at radius 3 is 2.59 bits per heavy atom. The summed E-state index contributed by atoms with van der Waals surface area (Å²) >= 11 is 0. The Hall–Kier alpha value is -2.98. The summed E-state index contributed by atoms with van der Waals surface area (Å²) in [4.78, 5) is 4.04. The van der Waals surface area contributed by atoms with Crippen molar-refractivity contribution in [3.05, 3.63) is 47.4 Å². The van der Waals surface area contributed by atoms with Crippen molar-refractivity contribution in [1.29, 1.82) is 5.26 Å². The first kappa shape index (κ1) is 19.3. The average Bonchev–Trinajstić information content (AvgIpc) is 3.05. The van der Waals surface area contributed by atoms with Crippen LogP contribution < -0.4 is 5.73 Å². The first-order chi connectivity index (χ1) is 13.9. The van der Waals surface area contributed by atoms with Gasteiger partial charge in [0, 0.05) is 40.5 Å². The van der Waals surface area contributed by atoms with Crippen molar-refractivity contribution >= 4 is 16.6 Å². The molecule has 1 saturated carbocycles. The Labute approximate surface area is 167 Å². The molecular weight excluding hydrogens is 374 g/mol. The van der Waals surface area contributed by atoms with Gasteiger partial charge < -0.3 is 15.4 Å². The third kappa shape index (κ3) is 3.34. The van der Waals surface area contributed by atoms with E-state index in [4.69, 9.17) is 5.73 Å². The van der Waals surface area contributed by atoms with Crippen molar-refractivity contribution in [1.82, 2.24) is 9.55 Å². The number of rotatable bonds is 3. The van der Waals surface area contributed by atoms with Gasteiger partial charge in [-0.1, -0.05) is 0 Å². The number of nitrogens with zero attached hydrogens (tertiary/aromatic N) is 3. The van der Waals surface area contributed by atoms with Crippen LogP contribution in [0.15, 0.2) is 30.7 Å². The normalized spacial score (nSPS) is 19.6. The molecule has 0 unspecified atom stereocenters. The molecular formula is C22H22F2N4O. The Morgan fingerprint density at radius 2 is 1.93 bits per heavy atom. The first-order valence-electron chi connectivity index (χ1n) is 9.66. The number of aliphatic hydroxyl groups is 1. The van der Waals surface area contributed by atoms with Crippen molar-refractivity contribution in [2.75, 3.05) is 5.73 Å². The number of nitrogens with two attached hydrogens (primary N) is 1. The van der Waals surface area contributed by atoms with Gasteiger partial charge in [-0.3, -0.25) is 4.98 Å². The van der Waals surface area contributed by atoms with Crippen LogP contribution in [-0.2, 0) is 0 Å². The van der Waals surface area contributed by atoms with Crippen molar-refractivity contribution in [3.63, 3.8) is 0 Å². The van der Waals surface area contributed by atoms with Gasteiger partial charge in [0.15, 0.2) is 0 Å². The van der Waals surface area contributed by atoms with Gasteiger partial charge in [0.2, 0.25) is 0 Å². The van der Waals surface area contributed by atoms with Crippen molar-refractivity contribution in [2.24, 2.45) is 0 Å². The fourth-order valence-electron chi connectivity index (χ4n) is 4.32. The number of pyridine rings is 1. The van der Waals surface area contributed by atoms with Crippen LogP contribution in [0.25, 0.3) is 22.0 Å². The van der Waals surface area contributed by atoms with Gasteiger partial charge in [0.05, 0.1) is 35.2 Å². The molecule has 29 heavy (non-hydrogen) atoms. The summed E-state index contributed by atoms with van der Waals surface area (Å²) in [5.41, 5.74) is 8.64. The van der Waals surface area contributed by atoms with E-state index in [-0.39, 0.29) is 29.0 Å². The molecule has 0 bridgehead atoms. The van der Waals surface area contributed by atoms with E-state index in [2.05, 4.69) is 15.6 Å². The molecule has 0 radical (unpaired) electrons. The summed E-state index contributed by atoms with van der Waals surface area (Å²) in [5, 5.41) is 20.1. The number of halogens is 2. The van der Waals surface area contributed by atoms with Crippen molar-refractivity contribution in [2.45, 2.75) is 51.2 Å². The van der Waals surface area contributed by atoms with Crippen LogP contribution in [0.1, 0.15) is 54.8 Å². The second-order valence-electron chi connectivity index (χ2n) is 7.70. The molecule has 0 saturated heterocycles. The zero-order valence-corrected chi connectivity index (χ0v) is 16.1. The fourth-order valence-corrected chi connectivity index (χ4v) is 4.32. The number of anilines is 1. The SMILES string of the molecule is Cc1cc2c(cc1C#N)c(-c1cncc(N)c1C(F)F)cn2[C@H]1CC[C@H](O)CC1. The quantitative estimate of drug-likeness (QED) is 0.660. The lowest BCUT2D eigenvalue weighted by atomic mass is 9.93. The van der Waals surface area contributed by atoms with E-state index in [9.17, 15) is 19.1 Å². The Bertz CT molecular complexity index is 1110. The number of hydrogen-bond donors (Lipinski definition) is 2. The second kappa shape index (κ2) is 7.45. The summed E-state index contributed by atoms with van der Waals surface area (Å²) in [5.74, 6) is 0. The molecule has 0 spiro atoms. The molecule has 0 amide bonds. The summed E-state index contributed by atoms with van der Waals surface area (Å²) in [7, 11) is 0. The molecule has 2 aromatic heterocycles. The lowest BCUT2D eigenvalue weighted by Gasteiger charge is -2.27. The minimum Gasteiger partial charge on any atom is -0.397 e. The van der Waals surface area contributed by atoms with E-state index >= 15 is 0 Å². The van der Waals surface area contributed by atoms with Crippen LogP contribution in [0, 0.1) is 18.3 Å². The zero-order chi connectivity index (χ0) is 20.7. The maximum absolute atomic E-state index is 13.8. The predicted octanol–water partition coefficient (Wildman–Crippen LogP) is 4.88. The van der Waals surface area contributed by atoms with Gasteiger partial charge >= 0.3 is 0 Å². The first-order valence-corrected chi connectivity index (χ1v) is 9.66. The molecule has 1 fully saturated rings. The topological polar surface area (TPSA) is 87.9 Å². The largest absolute Gasteiger partial charge is 0.397 e. The average molecular weight is 396 g/mol. The van der Waals surface area contributed by atoms with E-state index in [1.165, 1.54) is 12.4 Å². The van der Waals surface area contributed by atoms with Crippen LogP contribution in [0.4, 0.5) is 14.5 Å². The van der Waals surface area contributed by atoms with E-state index < -0.39 is 6.43 Å². The van der Waals surface area contributed by atoms with E-state index in [1.807, 2.05) is 19.2 Å². The monoisotopic (exact) mass is 396 g/mol. The molecule has 1 aliphatic carbocycles. The number of alkyl halides is 2. The number of aliphatic hydroxyl groups excluding tert-OH is 1. The van der Waals surface area contributed by atoms with Gasteiger partial charge in [0.1, 0.15) is 0 Å². The molecule has 7 heteroatoms. The van der Waals surface area contributed by atoms with E-state index in [0.717, 1.165) is 29.3 Å². The Kier molecular flexibility index (Phi) is 4.97. The molecule has 5 nitrogen and oxygen atoms in total. The second-order valence-corrected chi connectivity index (χ2v) is 7.70. The standard InChI is InChI=1S/C22H22F2N4O/c1-12-6-20-16(7-13(12)8-25)18(11-28(20)14-2-4-15(29)5-3-14)17-9-27-10-19(26)21(17)22(23)24/h6-7,9-11,14-15,22,29H,2-5,26H2,1H3/t14-,15-. The van der Waals surface area contributed by atoms with Gasteiger partial charge in [-0.25, -0.2) is 8.78 Å². The minimum absolute atomic E-state index is 0.0493. The van der Waals surface area contributed by atoms with Gasteiger partial charge in [0.25, 0.3) is 6.43 Å². The summed E-state index contributed by atoms with van der Waals surface area (Å²) in [6, 6.07) is 6.03. The van der Waals surface area contributed by atoms with E-state index in [1.54, 1.807) is 6.07 Å². The molecule has 1 aliphatic rings. The molecule has 150 valence electrons. The number of nitriles is 1. The summed E-state index contributed by atoms with van der Waals surface area (Å²) in [6.45, 7) is 1.87. The number of nitrogen functional groups attached to an aromatic ring is 1. The number of aromatic nitrogens is 2. The minimum atomic E-state index is -2.74. The number of hydrogen-bond acceptors (Lipinski definition) is 4. The summed E-state index contributed by atoms with van der Waals surface area (Å²) in [6.07, 6.45) is 4.51. The molecule has 2 heterocycles. The van der Waals surface area contributed by atoms with Crippen LogP contribution in [0.2, 0.25) is 0 Å². The van der Waals surface area contributed by atoms with E-state index in [0.29, 0.717) is 24.0 Å². The highest BCUT2D eigenvalue weighted by molar-refractivity contribution is 5.98. The molecule has 0 aliphatic heterocycles. The van der Waals surface area contributed by atoms with Crippen LogP contribution in [0.3, 0.4) is 0 Å². The van der Waals surface area contributed by atoms with Gasteiger partial charge in [-0.15, -0.1) is 0 Å². The number of fused-ring (bicyclic) bond motifs is 1. The third-order valence-corrected chi connectivity index (χ3v) is 5.89. The van der Waals surface area contributed by atoms with Gasteiger partial charge in [-0.05, 0) is 50.3 Å². The molecule has 1 aromatic carbocycles. The Morgan fingerprint density at radius 1 is 1.21 bits per heavy atom. The highest BCUT2D eigenvalue weighted by atomic mass is 19.3. The number of aryl methyl sites for hydroxylation is 1. The lowest BCUT2D eigenvalue weighted by Crippen LogP contribution is -2.20. The summed E-state index contributed by atoms with van der Waals surface area (Å²) < 4.78 is 29.7. The van der Waals surface area contributed by atoms with Crippen LogP contribution in [-0.4, -0.2) is 20.8 Å². The highest BCUT2D eigenvalue weighted by Crippen LogP contribution is 2.42. The highest BCUT2D eigenvalue weighted by Gasteiger charge is 2.26. The molecule has 3 N–H and O–H groups in total. The van der Waals surface area contributed by atoms with Crippen LogP contribution >= 0.6 is 0 Å². The molecule has 0 atom stereocenters. The fraction of sp³-hybridized carbons (Fsp3) is 0.364. The maximum atomic E-state index is 13.8. The van der Waals surface area contributed by atoms with Crippen molar-refractivity contribution in [3.8, 4) is 17.2 Å². The van der Waals surface area contributed by atoms with Gasteiger partial charge in [-0.2, -0.15) is 5.26 Å². The van der Waals surface area contributed by atoms with Crippen molar-refractivity contribution < 1.29 is 13.9 Å². The number of benzene rings is 1. The Balaban J connectivity index is 1.98. The predicted molar refractivity (Wildman–Crippen MR) is 108 cm³/mol. The van der Waals surface area contributed by atoms with Crippen LogP contribution in [0.5, 0.6) is 0 Å². The molecule has 4 rings (SSSR count). The zero-order valence-electron chi connectivity index (χ0n) is 16.1. The molecule has 3 aromatic rings. The maximum Gasteiger partial charge on any atom is 0.266 e. The lowest BCUT2D eigenvalue weighted by molar-refractivity contribution is 0.111. The third-order valence-electron chi connectivity index (χ3n) is 5.89. The smallest absolute Gasteiger partial charge is 0.266 e.